The number of fused-ring (bicyclic) bond motifs is 1. The summed E-state index contributed by atoms with van der Waals surface area (Å²) < 4.78 is 30.4. The molecule has 0 aromatic rings. The minimum Gasteiger partial charge on any atom is -0.388 e. The van der Waals surface area contributed by atoms with Gasteiger partial charge in [0.05, 0.1) is 12.6 Å². The molecule has 2 rings (SSSR count). The number of hydrogen-bond acceptors (Lipinski definition) is 5. The predicted octanol–water partition coefficient (Wildman–Crippen LogP) is -0.0548. The number of aliphatic hydroxyl groups excluding tert-OH is 2. The molecule has 0 saturated carbocycles. The van der Waals surface area contributed by atoms with Crippen molar-refractivity contribution in [2.24, 2.45) is 4.99 Å². The number of rotatable bonds is 3. The van der Waals surface area contributed by atoms with E-state index in [1.807, 2.05) is 0 Å². The van der Waals surface area contributed by atoms with Crippen molar-refractivity contribution >= 4 is 16.9 Å². The van der Waals surface area contributed by atoms with Gasteiger partial charge in [-0.15, -0.1) is 6.58 Å². The van der Waals surface area contributed by atoms with Crippen molar-refractivity contribution in [2.45, 2.75) is 36.2 Å². The first kappa shape index (κ1) is 13.7. The maximum absolute atomic E-state index is 12.6. The summed E-state index contributed by atoms with van der Waals surface area (Å²) in [4.78, 5) is 4.09. The average Bonchev–Trinajstić information content (AvgIpc) is 2.74. The smallest absolute Gasteiger partial charge is 0.267 e. The van der Waals surface area contributed by atoms with E-state index in [1.165, 1.54) is 0 Å². The molecule has 18 heavy (non-hydrogen) atoms. The first-order valence-electron chi connectivity index (χ1n) is 5.43. The third kappa shape index (κ3) is 2.51. The monoisotopic (exact) mass is 280 g/mol. The molecule has 2 aliphatic rings. The van der Waals surface area contributed by atoms with Crippen LogP contribution in [-0.4, -0.2) is 58.1 Å². The van der Waals surface area contributed by atoms with Crippen molar-refractivity contribution in [3.63, 3.8) is 0 Å². The number of amidine groups is 1. The number of nitrogens with zero attached hydrogens (tertiary/aromatic N) is 1. The van der Waals surface area contributed by atoms with Crippen LogP contribution >= 0.6 is 11.8 Å². The molecular formula is C10H14F2N2O3S. The second-order valence-corrected chi connectivity index (χ2v) is 5.09. The molecule has 0 aromatic carbocycles. The van der Waals surface area contributed by atoms with E-state index in [0.717, 1.165) is 11.8 Å². The lowest BCUT2D eigenvalue weighted by Crippen LogP contribution is -2.60. The quantitative estimate of drug-likeness (QED) is 0.632. The van der Waals surface area contributed by atoms with Gasteiger partial charge in [0.15, 0.2) is 5.17 Å². The first-order valence-corrected chi connectivity index (χ1v) is 6.31. The van der Waals surface area contributed by atoms with Crippen LogP contribution in [0.4, 0.5) is 8.78 Å². The van der Waals surface area contributed by atoms with E-state index in [-0.39, 0.29) is 0 Å². The number of ether oxygens (including phenoxy) is 1. The Kier molecular flexibility index (Phi) is 4.21. The van der Waals surface area contributed by atoms with Crippen LogP contribution in [0.15, 0.2) is 17.6 Å². The Bertz CT molecular complexity index is 356. The molecule has 0 amide bonds. The third-order valence-corrected chi connectivity index (χ3v) is 3.88. The largest absolute Gasteiger partial charge is 0.388 e. The standard InChI is InChI=1S/C10H14F2N2O3S/c1-2-3-13-10-14-4-5(15)6(16)7(8(11)12)17-9(4)18-10/h2,4-9,15-16H,1,3H2,(H,13,14). The molecule has 0 radical (unpaired) electrons. The topological polar surface area (TPSA) is 74.1 Å². The van der Waals surface area contributed by atoms with Crippen LogP contribution in [0.25, 0.3) is 0 Å². The van der Waals surface area contributed by atoms with Crippen molar-refractivity contribution < 1.29 is 23.7 Å². The van der Waals surface area contributed by atoms with Gasteiger partial charge in [-0.3, -0.25) is 4.99 Å². The second-order valence-electron chi connectivity index (χ2n) is 4.01. The summed E-state index contributed by atoms with van der Waals surface area (Å²) in [6, 6.07) is -0.636. The molecule has 2 aliphatic heterocycles. The van der Waals surface area contributed by atoms with E-state index >= 15 is 0 Å². The zero-order valence-electron chi connectivity index (χ0n) is 9.37. The number of aliphatic hydroxyl groups is 2. The summed E-state index contributed by atoms with van der Waals surface area (Å²) in [6.07, 6.45) is -5.85. The summed E-state index contributed by atoms with van der Waals surface area (Å²) in [5, 5.41) is 22.7. The van der Waals surface area contributed by atoms with Gasteiger partial charge in [-0.1, -0.05) is 17.8 Å². The van der Waals surface area contributed by atoms with Crippen molar-refractivity contribution in [3.05, 3.63) is 12.7 Å². The minimum atomic E-state index is -2.84. The minimum absolute atomic E-state index is 0.381. The Hall–Kier alpha value is -0.700. The fourth-order valence-corrected chi connectivity index (χ4v) is 3.00. The summed E-state index contributed by atoms with van der Waals surface area (Å²) in [5.41, 5.74) is -0.675. The third-order valence-electron chi connectivity index (χ3n) is 2.77. The molecule has 3 N–H and O–H groups in total. The highest BCUT2D eigenvalue weighted by Gasteiger charge is 2.51. The van der Waals surface area contributed by atoms with E-state index in [2.05, 4.69) is 16.9 Å². The molecule has 0 aliphatic carbocycles. The molecule has 102 valence electrons. The normalized spacial score (nSPS) is 41.8. The van der Waals surface area contributed by atoms with Crippen molar-refractivity contribution in [1.82, 2.24) is 5.32 Å². The average molecular weight is 280 g/mol. The van der Waals surface area contributed by atoms with Gasteiger partial charge in [0.25, 0.3) is 6.43 Å². The molecule has 8 heteroatoms. The van der Waals surface area contributed by atoms with E-state index in [9.17, 15) is 19.0 Å². The van der Waals surface area contributed by atoms with Crippen molar-refractivity contribution in [2.75, 3.05) is 6.54 Å². The Morgan fingerprint density at radius 1 is 1.50 bits per heavy atom. The summed E-state index contributed by atoms with van der Waals surface area (Å²) in [7, 11) is 0. The van der Waals surface area contributed by atoms with E-state index in [0.29, 0.717) is 11.7 Å². The molecule has 0 bridgehead atoms. The number of hydrogen-bond donors (Lipinski definition) is 3. The lowest BCUT2D eigenvalue weighted by Gasteiger charge is -2.38. The SMILES string of the molecule is C=CCN=C1NC2C(OC(C(F)F)C(O)C2O)S1. The van der Waals surface area contributed by atoms with Gasteiger partial charge in [0, 0.05) is 0 Å². The van der Waals surface area contributed by atoms with Gasteiger partial charge in [-0.2, -0.15) is 0 Å². The highest BCUT2D eigenvalue weighted by Crippen LogP contribution is 2.35. The van der Waals surface area contributed by atoms with E-state index < -0.39 is 36.2 Å². The summed E-state index contributed by atoms with van der Waals surface area (Å²) in [5.74, 6) is 0. The highest BCUT2D eigenvalue weighted by atomic mass is 32.2. The van der Waals surface area contributed by atoms with Crippen molar-refractivity contribution in [1.29, 1.82) is 0 Å². The lowest BCUT2D eigenvalue weighted by molar-refractivity contribution is -0.195. The molecule has 2 saturated heterocycles. The van der Waals surface area contributed by atoms with Crippen LogP contribution in [0.1, 0.15) is 0 Å². The van der Waals surface area contributed by atoms with Crippen LogP contribution in [0.5, 0.6) is 0 Å². The van der Waals surface area contributed by atoms with Crippen LogP contribution in [0.2, 0.25) is 0 Å². The van der Waals surface area contributed by atoms with Gasteiger partial charge in [-0.05, 0) is 0 Å². The van der Waals surface area contributed by atoms with Gasteiger partial charge in [-0.25, -0.2) is 8.78 Å². The fraction of sp³-hybridized carbons (Fsp3) is 0.700. The van der Waals surface area contributed by atoms with Crippen LogP contribution in [-0.2, 0) is 4.74 Å². The Labute approximate surface area is 107 Å². The van der Waals surface area contributed by atoms with Gasteiger partial charge in [0.2, 0.25) is 0 Å². The van der Waals surface area contributed by atoms with Gasteiger partial charge < -0.3 is 20.3 Å². The predicted molar refractivity (Wildman–Crippen MR) is 63.7 cm³/mol. The summed E-state index contributed by atoms with van der Waals surface area (Å²) >= 11 is 1.13. The number of halogens is 2. The molecular weight excluding hydrogens is 266 g/mol. The fourth-order valence-electron chi connectivity index (χ4n) is 1.87. The number of nitrogens with one attached hydrogen (secondary N) is 1. The molecule has 5 unspecified atom stereocenters. The summed E-state index contributed by atoms with van der Waals surface area (Å²) in [6.45, 7) is 3.89. The Morgan fingerprint density at radius 3 is 2.83 bits per heavy atom. The van der Waals surface area contributed by atoms with Gasteiger partial charge >= 0.3 is 0 Å². The number of alkyl halides is 2. The molecule has 0 spiro atoms. The molecule has 0 aromatic heterocycles. The van der Waals surface area contributed by atoms with E-state index in [4.69, 9.17) is 4.74 Å². The zero-order chi connectivity index (χ0) is 13.3. The second kappa shape index (κ2) is 5.52. The Morgan fingerprint density at radius 2 is 2.22 bits per heavy atom. The van der Waals surface area contributed by atoms with Gasteiger partial charge in [0.1, 0.15) is 23.7 Å². The Balaban J connectivity index is 2.09. The van der Waals surface area contributed by atoms with Crippen molar-refractivity contribution in [3.8, 4) is 0 Å². The molecule has 5 atom stereocenters. The maximum Gasteiger partial charge on any atom is 0.267 e. The maximum atomic E-state index is 12.6. The lowest BCUT2D eigenvalue weighted by atomic mass is 9.98. The number of thioether (sulfide) groups is 1. The van der Waals surface area contributed by atoms with Crippen LogP contribution < -0.4 is 5.32 Å². The number of aliphatic imine (C=N–C) groups is 1. The first-order chi connectivity index (χ1) is 8.54. The van der Waals surface area contributed by atoms with E-state index in [1.54, 1.807) is 6.08 Å². The van der Waals surface area contributed by atoms with Crippen LogP contribution in [0.3, 0.4) is 0 Å². The molecule has 5 nitrogen and oxygen atoms in total. The highest BCUT2D eigenvalue weighted by molar-refractivity contribution is 8.14. The molecule has 2 heterocycles. The zero-order valence-corrected chi connectivity index (χ0v) is 10.2. The van der Waals surface area contributed by atoms with Crippen LogP contribution in [0, 0.1) is 0 Å². The molecule has 2 fully saturated rings.